The molecule has 0 aliphatic heterocycles. The molecule has 1 unspecified atom stereocenters. The van der Waals surface area contributed by atoms with Gasteiger partial charge in [0.1, 0.15) is 0 Å². The van der Waals surface area contributed by atoms with Crippen molar-refractivity contribution in [3.8, 4) is 0 Å². The van der Waals surface area contributed by atoms with Gasteiger partial charge in [-0.2, -0.15) is 0 Å². The van der Waals surface area contributed by atoms with E-state index in [1.165, 1.54) is 0 Å². The van der Waals surface area contributed by atoms with E-state index in [1.54, 1.807) is 18.2 Å². The molecule has 1 rings (SSSR count). The predicted octanol–water partition coefficient (Wildman–Crippen LogP) is 2.27. The highest BCUT2D eigenvalue weighted by Crippen LogP contribution is 2.28. The van der Waals surface area contributed by atoms with Gasteiger partial charge in [-0.25, -0.2) is 0 Å². The summed E-state index contributed by atoms with van der Waals surface area (Å²) in [6.45, 7) is -0.361. The van der Waals surface area contributed by atoms with E-state index in [9.17, 15) is 10.1 Å². The number of benzene rings is 1. The van der Waals surface area contributed by atoms with Crippen LogP contribution in [0.5, 0.6) is 0 Å². The van der Waals surface area contributed by atoms with Crippen molar-refractivity contribution >= 4 is 23.2 Å². The molecule has 1 aromatic rings. The van der Waals surface area contributed by atoms with E-state index in [1.807, 2.05) is 0 Å². The normalized spacial score (nSPS) is 12.5. The van der Waals surface area contributed by atoms with Crippen LogP contribution in [0, 0.1) is 10.1 Å². The quantitative estimate of drug-likeness (QED) is 0.645. The predicted molar refractivity (Wildman–Crippen MR) is 55.3 cm³/mol. The molecule has 0 heterocycles. The van der Waals surface area contributed by atoms with E-state index in [4.69, 9.17) is 28.9 Å². The summed E-state index contributed by atoms with van der Waals surface area (Å²) in [5.74, 6) is 0. The minimum absolute atomic E-state index is 0.281. The summed E-state index contributed by atoms with van der Waals surface area (Å²) < 4.78 is 0. The largest absolute Gasteiger partial charge is 0.319 e. The Kier molecular flexibility index (Phi) is 3.69. The maximum absolute atomic E-state index is 10.2. The van der Waals surface area contributed by atoms with Gasteiger partial charge in [0, 0.05) is 4.92 Å². The van der Waals surface area contributed by atoms with Crippen LogP contribution in [0.1, 0.15) is 11.6 Å². The highest BCUT2D eigenvalue weighted by atomic mass is 35.5. The van der Waals surface area contributed by atoms with Gasteiger partial charge in [-0.3, -0.25) is 10.1 Å². The van der Waals surface area contributed by atoms with Crippen molar-refractivity contribution in [3.05, 3.63) is 43.9 Å². The van der Waals surface area contributed by atoms with E-state index in [-0.39, 0.29) is 11.6 Å². The Morgan fingerprint density at radius 3 is 2.71 bits per heavy atom. The summed E-state index contributed by atoms with van der Waals surface area (Å²) in [5.41, 5.74) is 6.08. The smallest absolute Gasteiger partial charge is 0.222 e. The lowest BCUT2D eigenvalue weighted by Crippen LogP contribution is -2.20. The zero-order valence-corrected chi connectivity index (χ0v) is 8.63. The van der Waals surface area contributed by atoms with Gasteiger partial charge in [-0.05, 0) is 11.6 Å². The summed E-state index contributed by atoms with van der Waals surface area (Å²) in [7, 11) is 0. The van der Waals surface area contributed by atoms with Crippen LogP contribution >= 0.6 is 23.2 Å². The van der Waals surface area contributed by atoms with Crippen molar-refractivity contribution in [1.82, 2.24) is 0 Å². The topological polar surface area (TPSA) is 69.2 Å². The number of rotatable bonds is 3. The van der Waals surface area contributed by atoms with Crippen LogP contribution in [0.15, 0.2) is 18.2 Å². The molecule has 0 saturated heterocycles. The van der Waals surface area contributed by atoms with Crippen LogP contribution in [0.4, 0.5) is 0 Å². The van der Waals surface area contributed by atoms with Crippen LogP contribution in [-0.2, 0) is 0 Å². The number of hydrogen-bond acceptors (Lipinski definition) is 3. The van der Waals surface area contributed by atoms with Crippen molar-refractivity contribution in [1.29, 1.82) is 0 Å². The molecule has 1 atom stereocenters. The van der Waals surface area contributed by atoms with Crippen LogP contribution in [0.2, 0.25) is 10.0 Å². The molecule has 0 radical (unpaired) electrons. The maximum Gasteiger partial charge on any atom is 0.222 e. The fraction of sp³-hybridized carbons (Fsp3) is 0.250. The molecule has 4 nitrogen and oxygen atoms in total. The van der Waals surface area contributed by atoms with Crippen molar-refractivity contribution in [3.63, 3.8) is 0 Å². The third-order valence-corrected chi connectivity index (χ3v) is 2.56. The van der Waals surface area contributed by atoms with Gasteiger partial charge in [0.05, 0.1) is 16.1 Å². The number of hydrogen-bond donors (Lipinski definition) is 1. The molecule has 0 aliphatic rings. The average molecular weight is 235 g/mol. The molecule has 1 aromatic carbocycles. The van der Waals surface area contributed by atoms with Gasteiger partial charge < -0.3 is 5.73 Å². The van der Waals surface area contributed by atoms with E-state index in [0.29, 0.717) is 10.6 Å². The molecule has 2 N–H and O–H groups in total. The molecule has 0 saturated carbocycles. The first-order valence-electron chi connectivity index (χ1n) is 3.83. The maximum atomic E-state index is 10.2. The van der Waals surface area contributed by atoms with Crippen molar-refractivity contribution in [2.45, 2.75) is 6.04 Å². The Morgan fingerprint density at radius 1 is 1.50 bits per heavy atom. The Hall–Kier alpha value is -0.840. The van der Waals surface area contributed by atoms with Gasteiger partial charge in [0.15, 0.2) is 0 Å². The van der Waals surface area contributed by atoms with Crippen LogP contribution in [-0.4, -0.2) is 11.5 Å². The second-order valence-corrected chi connectivity index (χ2v) is 3.55. The second-order valence-electron chi connectivity index (χ2n) is 2.76. The standard InChI is InChI=1S/C8H8Cl2N2O2/c9-6-3-1-2-5(8(6)10)7(11)4-12(13)14/h1-3,7H,4,11H2. The first-order valence-corrected chi connectivity index (χ1v) is 4.59. The Morgan fingerprint density at radius 2 is 2.14 bits per heavy atom. The summed E-state index contributed by atoms with van der Waals surface area (Å²) in [6, 6.07) is 4.16. The van der Waals surface area contributed by atoms with Crippen molar-refractivity contribution in [2.75, 3.05) is 6.54 Å². The average Bonchev–Trinajstić information content (AvgIpc) is 2.08. The van der Waals surface area contributed by atoms with Gasteiger partial charge in [0.25, 0.3) is 0 Å². The molecule has 0 spiro atoms. The third kappa shape index (κ3) is 2.57. The first-order chi connectivity index (χ1) is 6.52. The third-order valence-electron chi connectivity index (χ3n) is 1.73. The molecular formula is C8H8Cl2N2O2. The molecular weight excluding hydrogens is 227 g/mol. The Balaban J connectivity index is 2.95. The molecule has 0 amide bonds. The van der Waals surface area contributed by atoms with E-state index < -0.39 is 11.0 Å². The summed E-state index contributed by atoms with van der Waals surface area (Å²) in [5, 5.41) is 10.9. The lowest BCUT2D eigenvalue weighted by Gasteiger charge is -2.09. The van der Waals surface area contributed by atoms with Gasteiger partial charge in [-0.1, -0.05) is 35.3 Å². The summed E-state index contributed by atoms with van der Waals surface area (Å²) in [4.78, 5) is 9.74. The highest BCUT2D eigenvalue weighted by molar-refractivity contribution is 6.42. The number of halogens is 2. The van der Waals surface area contributed by atoms with Crippen molar-refractivity contribution in [2.24, 2.45) is 5.73 Å². The number of nitrogens with two attached hydrogens (primary N) is 1. The monoisotopic (exact) mass is 234 g/mol. The molecule has 0 aromatic heterocycles. The fourth-order valence-corrected chi connectivity index (χ4v) is 1.51. The molecule has 0 bridgehead atoms. The lowest BCUT2D eigenvalue weighted by atomic mass is 10.1. The summed E-state index contributed by atoms with van der Waals surface area (Å²) in [6.07, 6.45) is 0. The van der Waals surface area contributed by atoms with E-state index in [2.05, 4.69) is 0 Å². The zero-order chi connectivity index (χ0) is 10.7. The van der Waals surface area contributed by atoms with Crippen molar-refractivity contribution < 1.29 is 4.92 Å². The van der Waals surface area contributed by atoms with Crippen LogP contribution < -0.4 is 5.73 Å². The van der Waals surface area contributed by atoms with Crippen LogP contribution in [0.25, 0.3) is 0 Å². The van der Waals surface area contributed by atoms with Gasteiger partial charge >= 0.3 is 0 Å². The molecule has 14 heavy (non-hydrogen) atoms. The molecule has 76 valence electrons. The molecule has 6 heteroatoms. The first kappa shape index (κ1) is 11.2. The van der Waals surface area contributed by atoms with Gasteiger partial charge in [0.2, 0.25) is 6.54 Å². The lowest BCUT2D eigenvalue weighted by molar-refractivity contribution is -0.483. The highest BCUT2D eigenvalue weighted by Gasteiger charge is 2.16. The number of nitro groups is 1. The molecule has 0 fully saturated rings. The van der Waals surface area contributed by atoms with Crippen LogP contribution in [0.3, 0.4) is 0 Å². The number of nitrogens with zero attached hydrogens (tertiary/aromatic N) is 1. The summed E-state index contributed by atoms with van der Waals surface area (Å²) >= 11 is 11.6. The minimum atomic E-state index is -0.726. The Labute approximate surface area is 90.8 Å². The second kappa shape index (κ2) is 4.59. The van der Waals surface area contributed by atoms with Gasteiger partial charge in [-0.15, -0.1) is 0 Å². The zero-order valence-electron chi connectivity index (χ0n) is 7.11. The molecule has 0 aliphatic carbocycles. The van der Waals surface area contributed by atoms with E-state index >= 15 is 0 Å². The van der Waals surface area contributed by atoms with E-state index in [0.717, 1.165) is 0 Å². The minimum Gasteiger partial charge on any atom is -0.319 e. The fourth-order valence-electron chi connectivity index (χ4n) is 1.07. The SMILES string of the molecule is NC(C[N+](=O)[O-])c1cccc(Cl)c1Cl. The Bertz CT molecular complexity index is 357.